The van der Waals surface area contributed by atoms with Gasteiger partial charge in [-0.05, 0) is 48.6 Å². The van der Waals surface area contributed by atoms with Gasteiger partial charge in [-0.2, -0.15) is 11.8 Å². The Morgan fingerprint density at radius 2 is 2.24 bits per heavy atom. The van der Waals surface area contributed by atoms with E-state index in [1.165, 1.54) is 0 Å². The van der Waals surface area contributed by atoms with Crippen LogP contribution in [0.25, 0.3) is 0 Å². The summed E-state index contributed by atoms with van der Waals surface area (Å²) in [4.78, 5) is 12.1. The number of amides is 1. The Kier molecular flexibility index (Phi) is 7.96. The lowest BCUT2D eigenvalue weighted by molar-refractivity contribution is 0.0949. The third-order valence-electron chi connectivity index (χ3n) is 3.01. The summed E-state index contributed by atoms with van der Waals surface area (Å²) < 4.78 is 0. The molecule has 0 fully saturated rings. The van der Waals surface area contributed by atoms with E-state index in [0.29, 0.717) is 24.4 Å². The van der Waals surface area contributed by atoms with Gasteiger partial charge in [0.05, 0.1) is 6.61 Å². The predicted octanol–water partition coefficient (Wildman–Crippen LogP) is 2.46. The molecule has 0 aliphatic carbocycles. The molecule has 0 aliphatic heterocycles. The maximum Gasteiger partial charge on any atom is 0.251 e. The lowest BCUT2D eigenvalue weighted by Gasteiger charge is -2.11. The number of rotatable bonds is 6. The zero-order valence-electron chi connectivity index (χ0n) is 12.9. The summed E-state index contributed by atoms with van der Waals surface area (Å²) >= 11 is 1.79. The lowest BCUT2D eigenvalue weighted by Crippen LogP contribution is -2.29. The molecule has 0 heterocycles. The molecule has 21 heavy (non-hydrogen) atoms. The molecule has 0 aromatic heterocycles. The molecule has 3 nitrogen and oxygen atoms in total. The monoisotopic (exact) mass is 305 g/mol. The van der Waals surface area contributed by atoms with Gasteiger partial charge in [-0.1, -0.05) is 18.8 Å². The minimum Gasteiger partial charge on any atom is -0.395 e. The van der Waals surface area contributed by atoms with E-state index in [-0.39, 0.29) is 12.5 Å². The fourth-order valence-corrected chi connectivity index (χ4v) is 2.56. The second-order valence-electron chi connectivity index (χ2n) is 5.08. The molecule has 0 saturated heterocycles. The summed E-state index contributed by atoms with van der Waals surface area (Å²) in [6.45, 7) is 4.83. The number of benzene rings is 1. The number of hydrogen-bond acceptors (Lipinski definition) is 3. The van der Waals surface area contributed by atoms with Gasteiger partial charge >= 0.3 is 0 Å². The molecule has 0 radical (unpaired) electrons. The number of carbonyl (C=O) groups is 1. The minimum atomic E-state index is -0.0408. The second-order valence-corrected chi connectivity index (χ2v) is 5.99. The molecule has 114 valence electrons. The maximum atomic E-state index is 12.1. The van der Waals surface area contributed by atoms with Gasteiger partial charge in [0, 0.05) is 24.1 Å². The summed E-state index contributed by atoms with van der Waals surface area (Å²) in [5.74, 6) is 7.36. The van der Waals surface area contributed by atoms with Crippen LogP contribution in [0, 0.1) is 24.7 Å². The number of aliphatic hydroxyl groups excluding tert-OH is 1. The molecule has 1 rings (SSSR count). The highest BCUT2D eigenvalue weighted by atomic mass is 32.2. The molecule has 2 N–H and O–H groups in total. The van der Waals surface area contributed by atoms with Crippen molar-refractivity contribution in [1.29, 1.82) is 0 Å². The van der Waals surface area contributed by atoms with Crippen molar-refractivity contribution in [2.45, 2.75) is 20.3 Å². The Balaban J connectivity index is 2.66. The van der Waals surface area contributed by atoms with Gasteiger partial charge in [0.15, 0.2) is 0 Å². The number of aliphatic hydroxyl groups is 1. The van der Waals surface area contributed by atoms with E-state index < -0.39 is 0 Å². The highest BCUT2D eigenvalue weighted by Crippen LogP contribution is 2.11. The van der Waals surface area contributed by atoms with Crippen molar-refractivity contribution in [3.8, 4) is 11.8 Å². The van der Waals surface area contributed by atoms with Gasteiger partial charge < -0.3 is 10.4 Å². The van der Waals surface area contributed by atoms with Crippen molar-refractivity contribution >= 4 is 17.7 Å². The van der Waals surface area contributed by atoms with E-state index >= 15 is 0 Å². The Hall–Kier alpha value is -1.44. The third kappa shape index (κ3) is 6.24. The predicted molar refractivity (Wildman–Crippen MR) is 89.6 cm³/mol. The highest BCUT2D eigenvalue weighted by Gasteiger charge is 2.08. The summed E-state index contributed by atoms with van der Waals surface area (Å²) in [6, 6.07) is 5.52. The molecule has 1 unspecified atom stereocenters. The fraction of sp³-hybridized carbons (Fsp3) is 0.471. The van der Waals surface area contributed by atoms with E-state index in [0.717, 1.165) is 16.9 Å². The SMILES string of the molecule is CSCC(C)CNC(=O)c1ccc(C#CCCO)c(C)c1. The Morgan fingerprint density at radius 3 is 2.86 bits per heavy atom. The third-order valence-corrected chi connectivity index (χ3v) is 3.91. The smallest absolute Gasteiger partial charge is 0.251 e. The van der Waals surface area contributed by atoms with Crippen LogP contribution in [0.2, 0.25) is 0 Å². The zero-order chi connectivity index (χ0) is 15.7. The van der Waals surface area contributed by atoms with Gasteiger partial charge in [0.1, 0.15) is 0 Å². The van der Waals surface area contributed by atoms with E-state index in [9.17, 15) is 4.79 Å². The molecular formula is C17H23NO2S. The van der Waals surface area contributed by atoms with Gasteiger partial charge in [0.25, 0.3) is 5.91 Å². The first kappa shape index (κ1) is 17.6. The van der Waals surface area contributed by atoms with Crippen LogP contribution in [0.1, 0.15) is 34.8 Å². The molecule has 0 saturated carbocycles. The maximum absolute atomic E-state index is 12.1. The Labute approximate surface area is 131 Å². The van der Waals surface area contributed by atoms with Crippen LogP contribution >= 0.6 is 11.8 Å². The van der Waals surface area contributed by atoms with Crippen molar-refractivity contribution in [2.24, 2.45) is 5.92 Å². The summed E-state index contributed by atoms with van der Waals surface area (Å²) in [7, 11) is 0. The average Bonchev–Trinajstić information content (AvgIpc) is 2.47. The molecule has 1 amide bonds. The lowest BCUT2D eigenvalue weighted by atomic mass is 10.0. The summed E-state index contributed by atoms with van der Waals surface area (Å²) in [5, 5.41) is 11.7. The van der Waals surface area contributed by atoms with Crippen LogP contribution < -0.4 is 5.32 Å². The molecule has 1 aromatic rings. The molecular weight excluding hydrogens is 282 g/mol. The number of thioether (sulfide) groups is 1. The number of aryl methyl sites for hydroxylation is 1. The van der Waals surface area contributed by atoms with Gasteiger partial charge in [0.2, 0.25) is 0 Å². The number of carbonyl (C=O) groups excluding carboxylic acids is 1. The van der Waals surface area contributed by atoms with Crippen molar-refractivity contribution in [3.63, 3.8) is 0 Å². The van der Waals surface area contributed by atoms with Crippen LogP contribution in [0.3, 0.4) is 0 Å². The first-order valence-corrected chi connectivity index (χ1v) is 8.45. The Morgan fingerprint density at radius 1 is 1.48 bits per heavy atom. The summed E-state index contributed by atoms with van der Waals surface area (Å²) in [5.41, 5.74) is 2.54. The minimum absolute atomic E-state index is 0.0408. The van der Waals surface area contributed by atoms with Crippen molar-refractivity contribution in [3.05, 3.63) is 34.9 Å². The van der Waals surface area contributed by atoms with E-state index in [2.05, 4.69) is 30.3 Å². The first-order chi connectivity index (χ1) is 10.1. The van der Waals surface area contributed by atoms with Gasteiger partial charge in [-0.25, -0.2) is 0 Å². The van der Waals surface area contributed by atoms with Crippen molar-refractivity contribution in [2.75, 3.05) is 25.2 Å². The quantitative estimate of drug-likeness (QED) is 0.794. The molecule has 4 heteroatoms. The second kappa shape index (κ2) is 9.49. The van der Waals surface area contributed by atoms with Crippen LogP contribution in [0.4, 0.5) is 0 Å². The topological polar surface area (TPSA) is 49.3 Å². The molecule has 0 spiro atoms. The van der Waals surface area contributed by atoms with Crippen LogP contribution in [-0.2, 0) is 0 Å². The van der Waals surface area contributed by atoms with Crippen molar-refractivity contribution in [1.82, 2.24) is 5.32 Å². The molecule has 0 bridgehead atoms. The largest absolute Gasteiger partial charge is 0.395 e. The van der Waals surface area contributed by atoms with E-state index in [1.54, 1.807) is 17.8 Å². The fourth-order valence-electron chi connectivity index (χ4n) is 1.87. The van der Waals surface area contributed by atoms with Crippen LogP contribution in [0.5, 0.6) is 0 Å². The Bertz CT molecular complexity index is 531. The van der Waals surface area contributed by atoms with Crippen molar-refractivity contribution < 1.29 is 9.90 Å². The molecule has 1 atom stereocenters. The highest BCUT2D eigenvalue weighted by molar-refractivity contribution is 7.98. The normalized spacial score (nSPS) is 11.4. The zero-order valence-corrected chi connectivity index (χ0v) is 13.7. The average molecular weight is 305 g/mol. The molecule has 0 aliphatic rings. The van der Waals surface area contributed by atoms with E-state index in [4.69, 9.17) is 5.11 Å². The van der Waals surface area contributed by atoms with E-state index in [1.807, 2.05) is 19.1 Å². The standard InChI is InChI=1S/C17H23NO2S/c1-13(12-21-3)11-18-17(20)16-8-7-15(14(2)10-16)6-4-5-9-19/h7-8,10,13,19H,5,9,11-12H2,1-3H3,(H,18,20). The number of hydrogen-bond donors (Lipinski definition) is 2. The summed E-state index contributed by atoms with van der Waals surface area (Å²) in [6.07, 6.45) is 2.53. The van der Waals surface area contributed by atoms with Gasteiger partial charge in [-0.15, -0.1) is 0 Å². The van der Waals surface area contributed by atoms with Crippen LogP contribution in [-0.4, -0.2) is 36.2 Å². The molecule has 1 aromatic carbocycles. The van der Waals surface area contributed by atoms with Gasteiger partial charge in [-0.3, -0.25) is 4.79 Å². The number of nitrogens with one attached hydrogen (secondary N) is 1. The van der Waals surface area contributed by atoms with Crippen LogP contribution in [0.15, 0.2) is 18.2 Å². The first-order valence-electron chi connectivity index (χ1n) is 7.06.